The van der Waals surface area contributed by atoms with E-state index in [4.69, 9.17) is 0 Å². The van der Waals surface area contributed by atoms with Crippen LogP contribution in [0.1, 0.15) is 11.5 Å². The van der Waals surface area contributed by atoms with Gasteiger partial charge in [-0.2, -0.15) is 5.10 Å². The van der Waals surface area contributed by atoms with Crippen LogP contribution in [0.2, 0.25) is 0 Å². The minimum Gasteiger partial charge on any atom is -0.375 e. The second-order valence-electron chi connectivity index (χ2n) is 3.16. The molecule has 0 aliphatic carbocycles. The number of H-pyrrole nitrogens is 1. The Labute approximate surface area is 82.2 Å². The van der Waals surface area contributed by atoms with E-state index in [1.54, 1.807) is 6.20 Å². The molecule has 0 spiro atoms. The molecule has 0 aliphatic rings. The number of hydrogen-bond acceptors (Lipinski definition) is 3. The topological polar surface area (TPSA) is 58.5 Å². The molecule has 74 valence electrons. The molecule has 0 atom stereocenters. The van der Waals surface area contributed by atoms with Gasteiger partial charge in [0.25, 0.3) is 0 Å². The summed E-state index contributed by atoms with van der Waals surface area (Å²) < 4.78 is 1.84. The summed E-state index contributed by atoms with van der Waals surface area (Å²) in [5, 5.41) is 7.40. The fourth-order valence-corrected chi connectivity index (χ4v) is 1.25. The van der Waals surface area contributed by atoms with Crippen molar-refractivity contribution >= 4 is 5.69 Å². The number of aryl methyl sites for hydroxylation is 1. The van der Waals surface area contributed by atoms with Crippen molar-refractivity contribution in [2.45, 2.75) is 13.5 Å². The van der Waals surface area contributed by atoms with E-state index in [-0.39, 0.29) is 0 Å². The molecule has 0 aliphatic heterocycles. The van der Waals surface area contributed by atoms with E-state index in [1.807, 2.05) is 31.0 Å². The third-order valence-electron chi connectivity index (χ3n) is 2.24. The van der Waals surface area contributed by atoms with Crippen molar-refractivity contribution in [3.63, 3.8) is 0 Å². The first-order valence-electron chi connectivity index (χ1n) is 4.48. The maximum absolute atomic E-state index is 4.14. The van der Waals surface area contributed by atoms with Gasteiger partial charge in [0.1, 0.15) is 5.82 Å². The Morgan fingerprint density at radius 2 is 2.43 bits per heavy atom. The lowest BCUT2D eigenvalue weighted by Gasteiger charge is -2.02. The van der Waals surface area contributed by atoms with Gasteiger partial charge in [0.15, 0.2) is 0 Å². The SMILES string of the molecule is Cc1c(NCc2ncc[nH]2)cnn1C. The van der Waals surface area contributed by atoms with Gasteiger partial charge in [0, 0.05) is 19.4 Å². The van der Waals surface area contributed by atoms with Gasteiger partial charge in [-0.3, -0.25) is 4.68 Å². The van der Waals surface area contributed by atoms with E-state index < -0.39 is 0 Å². The van der Waals surface area contributed by atoms with E-state index in [0.29, 0.717) is 6.54 Å². The normalized spacial score (nSPS) is 10.4. The zero-order valence-electron chi connectivity index (χ0n) is 8.28. The highest BCUT2D eigenvalue weighted by atomic mass is 15.3. The third kappa shape index (κ3) is 1.61. The van der Waals surface area contributed by atoms with Crippen molar-refractivity contribution in [3.8, 4) is 0 Å². The Hall–Kier alpha value is -1.78. The number of anilines is 1. The van der Waals surface area contributed by atoms with Crippen LogP contribution in [-0.4, -0.2) is 19.7 Å². The Morgan fingerprint density at radius 3 is 3.00 bits per heavy atom. The lowest BCUT2D eigenvalue weighted by Crippen LogP contribution is -2.02. The van der Waals surface area contributed by atoms with Crippen LogP contribution in [0.15, 0.2) is 18.6 Å². The van der Waals surface area contributed by atoms with Crippen molar-refractivity contribution in [2.24, 2.45) is 7.05 Å². The first-order valence-corrected chi connectivity index (χ1v) is 4.48. The average Bonchev–Trinajstić information content (AvgIpc) is 2.77. The predicted molar refractivity (Wildman–Crippen MR) is 53.9 cm³/mol. The summed E-state index contributed by atoms with van der Waals surface area (Å²) in [7, 11) is 1.92. The molecule has 2 rings (SSSR count). The first kappa shape index (κ1) is 8.80. The molecule has 0 saturated heterocycles. The van der Waals surface area contributed by atoms with E-state index in [1.165, 1.54) is 0 Å². The summed E-state index contributed by atoms with van der Waals surface area (Å²) >= 11 is 0. The smallest absolute Gasteiger partial charge is 0.125 e. The molecule has 2 aromatic heterocycles. The highest BCUT2D eigenvalue weighted by Crippen LogP contribution is 2.12. The van der Waals surface area contributed by atoms with E-state index >= 15 is 0 Å². The van der Waals surface area contributed by atoms with Crippen LogP contribution in [0.4, 0.5) is 5.69 Å². The maximum Gasteiger partial charge on any atom is 0.125 e. The zero-order chi connectivity index (χ0) is 9.97. The monoisotopic (exact) mass is 191 g/mol. The Bertz CT molecular complexity index is 401. The molecule has 0 amide bonds. The summed E-state index contributed by atoms with van der Waals surface area (Å²) in [5.41, 5.74) is 2.17. The second kappa shape index (κ2) is 3.53. The summed E-state index contributed by atoms with van der Waals surface area (Å²) in [6, 6.07) is 0. The molecule has 2 heterocycles. The molecular weight excluding hydrogens is 178 g/mol. The number of nitrogens with one attached hydrogen (secondary N) is 2. The number of nitrogens with zero attached hydrogens (tertiary/aromatic N) is 3. The van der Waals surface area contributed by atoms with Crippen molar-refractivity contribution in [3.05, 3.63) is 30.1 Å². The minimum absolute atomic E-state index is 0.694. The summed E-state index contributed by atoms with van der Waals surface area (Å²) in [6.07, 6.45) is 5.37. The van der Waals surface area contributed by atoms with E-state index in [9.17, 15) is 0 Å². The fourth-order valence-electron chi connectivity index (χ4n) is 1.25. The van der Waals surface area contributed by atoms with Gasteiger partial charge in [-0.25, -0.2) is 4.98 Å². The Balaban J connectivity index is 2.02. The highest BCUT2D eigenvalue weighted by Gasteiger charge is 2.02. The number of rotatable bonds is 3. The predicted octanol–water partition coefficient (Wildman–Crippen LogP) is 1.06. The molecule has 0 aromatic carbocycles. The third-order valence-corrected chi connectivity index (χ3v) is 2.24. The fraction of sp³-hybridized carbons (Fsp3) is 0.333. The van der Waals surface area contributed by atoms with Crippen LogP contribution in [0, 0.1) is 6.92 Å². The van der Waals surface area contributed by atoms with Crippen LogP contribution in [0.3, 0.4) is 0 Å². The number of hydrogen-bond donors (Lipinski definition) is 2. The molecule has 14 heavy (non-hydrogen) atoms. The molecule has 2 N–H and O–H groups in total. The van der Waals surface area contributed by atoms with Gasteiger partial charge in [-0.05, 0) is 6.92 Å². The average molecular weight is 191 g/mol. The van der Waals surface area contributed by atoms with Crippen LogP contribution in [0.5, 0.6) is 0 Å². The lowest BCUT2D eigenvalue weighted by molar-refractivity contribution is 0.740. The molecule has 5 nitrogen and oxygen atoms in total. The highest BCUT2D eigenvalue weighted by molar-refractivity contribution is 5.45. The van der Waals surface area contributed by atoms with Gasteiger partial charge in [0.05, 0.1) is 24.1 Å². The Kier molecular flexibility index (Phi) is 2.22. The van der Waals surface area contributed by atoms with Gasteiger partial charge < -0.3 is 10.3 Å². The zero-order valence-corrected chi connectivity index (χ0v) is 8.28. The van der Waals surface area contributed by atoms with Crippen LogP contribution >= 0.6 is 0 Å². The summed E-state index contributed by atoms with van der Waals surface area (Å²) in [6.45, 7) is 2.72. The first-order chi connectivity index (χ1) is 6.77. The molecule has 5 heteroatoms. The Morgan fingerprint density at radius 1 is 1.57 bits per heavy atom. The van der Waals surface area contributed by atoms with Crippen LogP contribution in [-0.2, 0) is 13.6 Å². The standard InChI is InChI=1S/C9H13N5/c1-7-8(5-13-14(7)2)12-6-9-10-3-4-11-9/h3-5,12H,6H2,1-2H3,(H,10,11). The molecule has 0 radical (unpaired) electrons. The lowest BCUT2D eigenvalue weighted by atomic mass is 10.4. The second-order valence-corrected chi connectivity index (χ2v) is 3.16. The summed E-state index contributed by atoms with van der Waals surface area (Å²) in [5.74, 6) is 0.924. The molecule has 0 fully saturated rings. The van der Waals surface area contributed by atoms with Crippen molar-refractivity contribution < 1.29 is 0 Å². The molecular formula is C9H13N5. The molecule has 0 unspecified atom stereocenters. The molecule has 0 saturated carbocycles. The van der Waals surface area contributed by atoms with Gasteiger partial charge in [0.2, 0.25) is 0 Å². The molecule has 0 bridgehead atoms. The number of imidazole rings is 1. The maximum atomic E-state index is 4.14. The number of aromatic nitrogens is 4. The van der Waals surface area contributed by atoms with Crippen LogP contribution < -0.4 is 5.32 Å². The van der Waals surface area contributed by atoms with Gasteiger partial charge in [-0.1, -0.05) is 0 Å². The quantitative estimate of drug-likeness (QED) is 0.762. The van der Waals surface area contributed by atoms with E-state index in [0.717, 1.165) is 17.2 Å². The van der Waals surface area contributed by atoms with Crippen LogP contribution in [0.25, 0.3) is 0 Å². The number of aromatic amines is 1. The van der Waals surface area contributed by atoms with Crippen molar-refractivity contribution in [1.82, 2.24) is 19.7 Å². The van der Waals surface area contributed by atoms with Crippen molar-refractivity contribution in [2.75, 3.05) is 5.32 Å². The minimum atomic E-state index is 0.694. The van der Waals surface area contributed by atoms with Crippen molar-refractivity contribution in [1.29, 1.82) is 0 Å². The largest absolute Gasteiger partial charge is 0.375 e. The van der Waals surface area contributed by atoms with E-state index in [2.05, 4.69) is 20.4 Å². The molecule has 2 aromatic rings. The summed E-state index contributed by atoms with van der Waals surface area (Å²) in [4.78, 5) is 7.16. The van der Waals surface area contributed by atoms with Gasteiger partial charge in [-0.15, -0.1) is 0 Å². The van der Waals surface area contributed by atoms with Gasteiger partial charge >= 0.3 is 0 Å².